The first-order valence-corrected chi connectivity index (χ1v) is 8.72. The van der Waals surface area contributed by atoms with Crippen molar-refractivity contribution >= 4 is 18.1 Å². The fourth-order valence-electron chi connectivity index (χ4n) is 3.20. The fourth-order valence-corrected chi connectivity index (χ4v) is 3.20. The molecule has 0 atom stereocenters. The topological polar surface area (TPSA) is 51.5 Å². The average Bonchev–Trinajstić information content (AvgIpc) is 2.69. The van der Waals surface area contributed by atoms with E-state index in [1.54, 1.807) is 23.5 Å². The van der Waals surface area contributed by atoms with Gasteiger partial charge < -0.3 is 9.80 Å². The number of carbonyl (C=O) groups excluding carboxylic acids is 1. The highest BCUT2D eigenvalue weighted by Gasteiger charge is 2.24. The summed E-state index contributed by atoms with van der Waals surface area (Å²) in [7, 11) is 0. The quantitative estimate of drug-likeness (QED) is 0.812. The molecule has 0 aromatic heterocycles. The van der Waals surface area contributed by atoms with Crippen LogP contribution in [-0.4, -0.2) is 65.6 Å². The second-order valence-corrected chi connectivity index (χ2v) is 6.42. The lowest BCUT2D eigenvalue weighted by atomic mass is 10.1. The van der Waals surface area contributed by atoms with Gasteiger partial charge in [0.1, 0.15) is 18.0 Å². The molecule has 0 unspecified atom stereocenters. The Morgan fingerprint density at radius 3 is 2.62 bits per heavy atom. The summed E-state index contributed by atoms with van der Waals surface area (Å²) in [6, 6.07) is 6.11. The summed E-state index contributed by atoms with van der Waals surface area (Å²) in [4.78, 5) is 20.7. The fraction of sp³-hybridized carbons (Fsp3) is 0.316. The molecule has 7 heteroatoms. The number of fused-ring (bicyclic) bond motifs is 1. The first-order valence-electron chi connectivity index (χ1n) is 8.72. The van der Waals surface area contributed by atoms with E-state index in [2.05, 4.69) is 15.0 Å². The summed E-state index contributed by atoms with van der Waals surface area (Å²) in [5.74, 6) is 0.680. The van der Waals surface area contributed by atoms with E-state index >= 15 is 0 Å². The lowest BCUT2D eigenvalue weighted by molar-refractivity contribution is -0.131. The Labute approximate surface area is 151 Å². The van der Waals surface area contributed by atoms with Crippen LogP contribution < -0.4 is 0 Å². The van der Waals surface area contributed by atoms with Gasteiger partial charge in [0.2, 0.25) is 5.91 Å². The third-order valence-corrected chi connectivity index (χ3v) is 4.70. The summed E-state index contributed by atoms with van der Waals surface area (Å²) in [5, 5.41) is 6.39. The highest BCUT2D eigenvalue weighted by molar-refractivity contribution is 5.95. The van der Waals surface area contributed by atoms with Crippen molar-refractivity contribution in [1.82, 2.24) is 14.8 Å². The van der Waals surface area contributed by atoms with Crippen LogP contribution in [0.5, 0.6) is 0 Å². The lowest BCUT2D eigenvalue weighted by Crippen LogP contribution is -2.51. The van der Waals surface area contributed by atoms with Crippen LogP contribution in [0.3, 0.4) is 0 Å². The summed E-state index contributed by atoms with van der Waals surface area (Å²) in [5.41, 5.74) is 1.87. The third kappa shape index (κ3) is 3.51. The smallest absolute Gasteiger partial charge is 0.227 e. The molecule has 0 saturated carbocycles. The van der Waals surface area contributed by atoms with E-state index in [-0.39, 0.29) is 11.7 Å². The van der Waals surface area contributed by atoms with E-state index in [9.17, 15) is 9.18 Å². The number of nitrogens with zero attached hydrogens (tertiary/aromatic N) is 5. The number of hydrogen-bond acceptors (Lipinski definition) is 5. The van der Waals surface area contributed by atoms with E-state index in [0.717, 1.165) is 30.2 Å². The molecule has 6 nitrogen and oxygen atoms in total. The van der Waals surface area contributed by atoms with Gasteiger partial charge >= 0.3 is 0 Å². The monoisotopic (exact) mass is 353 g/mol. The molecule has 134 valence electrons. The normalized spacial score (nSPS) is 19.2. The molecule has 3 aliphatic heterocycles. The Kier molecular flexibility index (Phi) is 4.51. The Morgan fingerprint density at radius 1 is 1.08 bits per heavy atom. The number of hydrazone groups is 1. The second-order valence-electron chi connectivity index (χ2n) is 6.42. The molecule has 3 aliphatic rings. The molecule has 0 bridgehead atoms. The Hall–Kier alpha value is -2.96. The Morgan fingerprint density at radius 2 is 1.85 bits per heavy atom. The summed E-state index contributed by atoms with van der Waals surface area (Å²) in [6.07, 6.45) is 8.13. The van der Waals surface area contributed by atoms with Crippen LogP contribution in [0.1, 0.15) is 5.56 Å². The van der Waals surface area contributed by atoms with Gasteiger partial charge in [0, 0.05) is 26.2 Å². The summed E-state index contributed by atoms with van der Waals surface area (Å²) < 4.78 is 13.0. The van der Waals surface area contributed by atoms with E-state index in [1.165, 1.54) is 12.1 Å². The predicted molar refractivity (Wildman–Crippen MR) is 98.1 cm³/mol. The lowest BCUT2D eigenvalue weighted by Gasteiger charge is -2.37. The third-order valence-electron chi connectivity index (χ3n) is 4.70. The maximum atomic E-state index is 13.0. The number of benzene rings is 1. The number of aliphatic imine (C=N–C) groups is 1. The van der Waals surface area contributed by atoms with E-state index in [1.807, 2.05) is 23.1 Å². The summed E-state index contributed by atoms with van der Waals surface area (Å²) in [6.45, 7) is 3.48. The minimum absolute atomic E-state index is 0.0748. The maximum Gasteiger partial charge on any atom is 0.227 e. The van der Waals surface area contributed by atoms with Crippen LogP contribution in [0.2, 0.25) is 0 Å². The number of rotatable bonds is 2. The van der Waals surface area contributed by atoms with Gasteiger partial charge in [0.15, 0.2) is 0 Å². The van der Waals surface area contributed by atoms with Crippen molar-refractivity contribution in [3.05, 3.63) is 59.6 Å². The molecule has 26 heavy (non-hydrogen) atoms. The van der Waals surface area contributed by atoms with Crippen molar-refractivity contribution in [1.29, 1.82) is 0 Å². The molecule has 1 amide bonds. The molecule has 1 saturated heterocycles. The molecule has 4 rings (SSSR count). The Balaban J connectivity index is 1.33. The highest BCUT2D eigenvalue weighted by atomic mass is 19.1. The number of halogens is 1. The molecule has 1 aromatic rings. The number of amides is 1. The van der Waals surface area contributed by atoms with Gasteiger partial charge in [-0.25, -0.2) is 9.40 Å². The minimum Gasteiger partial charge on any atom is -0.352 e. The van der Waals surface area contributed by atoms with Crippen LogP contribution >= 0.6 is 0 Å². The van der Waals surface area contributed by atoms with Crippen LogP contribution in [0.25, 0.3) is 0 Å². The number of hydrogen-bond donors (Lipinski definition) is 0. The first kappa shape index (κ1) is 16.5. The number of carbonyl (C=O) groups is 1. The molecular weight excluding hydrogens is 333 g/mol. The van der Waals surface area contributed by atoms with Crippen LogP contribution in [0.4, 0.5) is 4.39 Å². The van der Waals surface area contributed by atoms with Crippen molar-refractivity contribution in [2.45, 2.75) is 6.42 Å². The number of allylic oxidation sites excluding steroid dienone is 1. The zero-order valence-corrected chi connectivity index (χ0v) is 14.4. The molecular formula is C19H20FN5O. The molecule has 0 N–H and O–H groups in total. The van der Waals surface area contributed by atoms with Gasteiger partial charge in [-0.2, -0.15) is 0 Å². The molecule has 0 radical (unpaired) electrons. The van der Waals surface area contributed by atoms with E-state index in [4.69, 9.17) is 0 Å². The predicted octanol–water partition coefficient (Wildman–Crippen LogP) is 1.62. The van der Waals surface area contributed by atoms with Crippen molar-refractivity contribution < 1.29 is 9.18 Å². The van der Waals surface area contributed by atoms with Gasteiger partial charge in [-0.3, -0.25) is 9.79 Å². The standard InChI is InChI=1S/C19H20FN5O/c20-16-3-1-15(2-4-16)13-19(26)24-11-9-23(10-12-24)18-6-5-17-7-8-21-14-25(17)22-18/h1-7,14H,8-13H2. The van der Waals surface area contributed by atoms with E-state index < -0.39 is 0 Å². The van der Waals surface area contributed by atoms with E-state index in [0.29, 0.717) is 26.1 Å². The van der Waals surface area contributed by atoms with Crippen molar-refractivity contribution in [3.63, 3.8) is 0 Å². The molecule has 0 aliphatic carbocycles. The zero-order valence-electron chi connectivity index (χ0n) is 14.4. The van der Waals surface area contributed by atoms with Gasteiger partial charge in [0.05, 0.1) is 18.7 Å². The van der Waals surface area contributed by atoms with Gasteiger partial charge in [-0.15, -0.1) is 5.10 Å². The highest BCUT2D eigenvalue weighted by Crippen LogP contribution is 2.16. The maximum absolute atomic E-state index is 13.0. The second kappa shape index (κ2) is 7.11. The van der Waals surface area contributed by atoms with Crippen molar-refractivity contribution in [3.8, 4) is 0 Å². The summed E-state index contributed by atoms with van der Waals surface area (Å²) >= 11 is 0. The first-order chi connectivity index (χ1) is 12.7. The van der Waals surface area contributed by atoms with Crippen LogP contribution in [-0.2, 0) is 11.2 Å². The van der Waals surface area contributed by atoms with Gasteiger partial charge in [-0.05, 0) is 35.9 Å². The van der Waals surface area contributed by atoms with Crippen LogP contribution in [0, 0.1) is 5.82 Å². The zero-order chi connectivity index (χ0) is 17.9. The largest absolute Gasteiger partial charge is 0.352 e. The van der Waals surface area contributed by atoms with Crippen LogP contribution in [0.15, 0.2) is 58.3 Å². The minimum atomic E-state index is -0.284. The van der Waals surface area contributed by atoms with Crippen molar-refractivity contribution in [2.24, 2.45) is 10.1 Å². The van der Waals surface area contributed by atoms with Crippen molar-refractivity contribution in [2.75, 3.05) is 32.7 Å². The SMILES string of the molecule is O=C(Cc1ccc(F)cc1)N1CCN(C2=NN3C=NCC=C3C=C2)CC1. The Bertz CT molecular complexity index is 804. The molecule has 1 aromatic carbocycles. The molecule has 0 spiro atoms. The average molecular weight is 353 g/mol. The van der Waals surface area contributed by atoms with Gasteiger partial charge in [-0.1, -0.05) is 12.1 Å². The molecule has 3 heterocycles. The van der Waals surface area contributed by atoms with Gasteiger partial charge in [0.25, 0.3) is 0 Å². The number of amidine groups is 1. The number of piperazine rings is 1. The molecule has 1 fully saturated rings.